The van der Waals surface area contributed by atoms with Gasteiger partial charge in [-0.05, 0) is 34.5 Å². The van der Waals surface area contributed by atoms with E-state index in [1.807, 2.05) is 0 Å². The molecular weight excluding hydrogens is 337 g/mol. The zero-order valence-electron chi connectivity index (χ0n) is 10.8. The third-order valence-corrected chi connectivity index (χ3v) is 4.08. The fourth-order valence-electron chi connectivity index (χ4n) is 1.46. The van der Waals surface area contributed by atoms with Crippen LogP contribution in [0.4, 0.5) is 0 Å². The molecule has 1 atom stereocenters. The van der Waals surface area contributed by atoms with Gasteiger partial charge in [-0.25, -0.2) is 0 Å². The molecule has 18 heavy (non-hydrogen) atoms. The summed E-state index contributed by atoms with van der Waals surface area (Å²) in [5, 5.41) is 4.45. The summed E-state index contributed by atoms with van der Waals surface area (Å²) < 4.78 is 6.72. The molecule has 102 valence electrons. The van der Waals surface area contributed by atoms with Crippen LogP contribution in [0, 0.1) is 5.92 Å². The van der Waals surface area contributed by atoms with Gasteiger partial charge in [-0.2, -0.15) is 0 Å². The number of hydrogen-bond donors (Lipinski definition) is 1. The lowest BCUT2D eigenvalue weighted by atomic mass is 10.1. The molecule has 2 nitrogen and oxygen atoms in total. The molecule has 0 amide bonds. The van der Waals surface area contributed by atoms with E-state index in [9.17, 15) is 0 Å². The highest BCUT2D eigenvalue weighted by molar-refractivity contribution is 9.10. The summed E-state index contributed by atoms with van der Waals surface area (Å²) in [5.74, 6) is 1.02. The Morgan fingerprint density at radius 2 is 1.94 bits per heavy atom. The average Bonchev–Trinajstić information content (AvgIpc) is 2.30. The second-order valence-corrected chi connectivity index (χ2v) is 6.07. The van der Waals surface area contributed by atoms with Crippen LogP contribution in [0.3, 0.4) is 0 Å². The fourth-order valence-corrected chi connectivity index (χ4v) is 2.29. The number of benzene rings is 1. The Hall–Kier alpha value is 0.0400. The Morgan fingerprint density at radius 3 is 2.50 bits per heavy atom. The molecule has 1 aromatic carbocycles. The van der Waals surface area contributed by atoms with Crippen LogP contribution in [-0.4, -0.2) is 19.2 Å². The van der Waals surface area contributed by atoms with Crippen LogP contribution >= 0.6 is 39.1 Å². The van der Waals surface area contributed by atoms with Crippen molar-refractivity contribution in [2.24, 2.45) is 5.92 Å². The maximum atomic E-state index is 6.15. The Morgan fingerprint density at radius 1 is 1.28 bits per heavy atom. The number of likely N-dealkylation sites (N-methyl/N-ethyl adjacent to an activating group) is 1. The van der Waals surface area contributed by atoms with E-state index in [1.54, 1.807) is 12.1 Å². The van der Waals surface area contributed by atoms with Crippen LogP contribution in [0.15, 0.2) is 16.6 Å². The van der Waals surface area contributed by atoms with Crippen molar-refractivity contribution in [1.82, 2.24) is 5.32 Å². The molecule has 0 aliphatic heterocycles. The lowest BCUT2D eigenvalue weighted by molar-refractivity contribution is 0.150. The summed E-state index contributed by atoms with van der Waals surface area (Å²) in [6.07, 6.45) is 0.0692. The molecule has 0 aliphatic carbocycles. The second-order valence-electron chi connectivity index (χ2n) is 4.40. The number of hydrogen-bond acceptors (Lipinski definition) is 2. The maximum absolute atomic E-state index is 6.15. The summed E-state index contributed by atoms with van der Waals surface area (Å²) >= 11 is 15.5. The van der Waals surface area contributed by atoms with Crippen LogP contribution in [0.1, 0.15) is 20.8 Å². The van der Waals surface area contributed by atoms with Crippen LogP contribution in [0.5, 0.6) is 5.75 Å². The molecule has 0 radical (unpaired) electrons. The van der Waals surface area contributed by atoms with Crippen molar-refractivity contribution in [3.8, 4) is 5.75 Å². The van der Waals surface area contributed by atoms with Gasteiger partial charge >= 0.3 is 0 Å². The summed E-state index contributed by atoms with van der Waals surface area (Å²) in [6.45, 7) is 8.02. The monoisotopic (exact) mass is 353 g/mol. The third-order valence-electron chi connectivity index (χ3n) is 2.59. The van der Waals surface area contributed by atoms with E-state index in [4.69, 9.17) is 27.9 Å². The maximum Gasteiger partial charge on any atom is 0.139 e. The van der Waals surface area contributed by atoms with Gasteiger partial charge in [0.15, 0.2) is 0 Å². The summed E-state index contributed by atoms with van der Waals surface area (Å²) in [6, 6.07) is 3.50. The minimum Gasteiger partial charge on any atom is -0.487 e. The number of rotatable bonds is 6. The Kier molecular flexibility index (Phi) is 6.78. The lowest BCUT2D eigenvalue weighted by Crippen LogP contribution is -2.35. The first-order valence-corrected chi connectivity index (χ1v) is 7.52. The fraction of sp³-hybridized carbons (Fsp3) is 0.538. The minimum atomic E-state index is 0.0692. The highest BCUT2D eigenvalue weighted by Gasteiger charge is 2.17. The van der Waals surface area contributed by atoms with Gasteiger partial charge in [0.05, 0.1) is 10.0 Å². The van der Waals surface area contributed by atoms with E-state index in [1.165, 1.54) is 0 Å². The van der Waals surface area contributed by atoms with E-state index in [0.717, 1.165) is 17.6 Å². The molecule has 1 unspecified atom stereocenters. The molecule has 0 bridgehead atoms. The number of ether oxygens (including phenoxy) is 1. The number of halogens is 3. The predicted molar refractivity (Wildman–Crippen MR) is 82.0 cm³/mol. The first kappa shape index (κ1) is 16.1. The largest absolute Gasteiger partial charge is 0.487 e. The van der Waals surface area contributed by atoms with E-state index < -0.39 is 0 Å². The van der Waals surface area contributed by atoms with Gasteiger partial charge in [0.1, 0.15) is 11.9 Å². The molecule has 0 saturated carbocycles. The first-order valence-electron chi connectivity index (χ1n) is 5.97. The summed E-state index contributed by atoms with van der Waals surface area (Å²) in [4.78, 5) is 0. The first-order chi connectivity index (χ1) is 8.45. The molecule has 1 rings (SSSR count). The highest BCUT2D eigenvalue weighted by atomic mass is 79.9. The van der Waals surface area contributed by atoms with Gasteiger partial charge in [0.25, 0.3) is 0 Å². The SMILES string of the molecule is CCNCC(Oc1cc(Cl)c(Br)cc1Cl)C(C)C. The molecule has 0 aromatic heterocycles. The topological polar surface area (TPSA) is 21.3 Å². The van der Waals surface area contributed by atoms with Crippen LogP contribution in [0.25, 0.3) is 0 Å². The second kappa shape index (κ2) is 7.59. The molecule has 1 N–H and O–H groups in total. The van der Waals surface area contributed by atoms with Gasteiger partial charge in [-0.15, -0.1) is 0 Å². The van der Waals surface area contributed by atoms with Crippen molar-refractivity contribution >= 4 is 39.1 Å². The molecule has 5 heteroatoms. The normalized spacial score (nSPS) is 12.8. The van der Waals surface area contributed by atoms with Crippen LogP contribution in [-0.2, 0) is 0 Å². The molecule has 0 aliphatic rings. The van der Waals surface area contributed by atoms with Crippen molar-refractivity contribution in [1.29, 1.82) is 0 Å². The summed E-state index contributed by atoms with van der Waals surface area (Å²) in [7, 11) is 0. The Labute approximate surface area is 127 Å². The zero-order chi connectivity index (χ0) is 13.7. The van der Waals surface area contributed by atoms with Crippen molar-refractivity contribution in [2.75, 3.05) is 13.1 Å². The van der Waals surface area contributed by atoms with Crippen LogP contribution in [0.2, 0.25) is 10.0 Å². The molecule has 0 fully saturated rings. The Balaban J connectivity index is 2.83. The standard InChI is InChI=1S/C13H18BrCl2NO/c1-4-17-7-13(8(2)3)18-12-6-10(15)9(14)5-11(12)16/h5-6,8,13,17H,4,7H2,1-3H3. The van der Waals surface area contributed by atoms with Gasteiger partial charge in [-0.1, -0.05) is 44.0 Å². The van der Waals surface area contributed by atoms with Gasteiger partial charge in [-0.3, -0.25) is 0 Å². The zero-order valence-corrected chi connectivity index (χ0v) is 13.9. The van der Waals surface area contributed by atoms with E-state index in [0.29, 0.717) is 21.7 Å². The molecular formula is C13H18BrCl2NO. The van der Waals surface area contributed by atoms with E-state index in [-0.39, 0.29) is 6.10 Å². The van der Waals surface area contributed by atoms with Gasteiger partial charge in [0.2, 0.25) is 0 Å². The molecule has 0 heterocycles. The summed E-state index contributed by atoms with van der Waals surface area (Å²) in [5.41, 5.74) is 0. The van der Waals surface area contributed by atoms with Gasteiger partial charge in [0, 0.05) is 17.1 Å². The minimum absolute atomic E-state index is 0.0692. The molecule has 0 saturated heterocycles. The van der Waals surface area contributed by atoms with Crippen molar-refractivity contribution in [3.63, 3.8) is 0 Å². The average molecular weight is 355 g/mol. The van der Waals surface area contributed by atoms with Gasteiger partial charge < -0.3 is 10.1 Å². The Bertz CT molecular complexity index is 399. The number of nitrogens with one attached hydrogen (secondary N) is 1. The lowest BCUT2D eigenvalue weighted by Gasteiger charge is -2.23. The van der Waals surface area contributed by atoms with Crippen molar-refractivity contribution in [2.45, 2.75) is 26.9 Å². The van der Waals surface area contributed by atoms with E-state index >= 15 is 0 Å². The highest BCUT2D eigenvalue weighted by Crippen LogP contribution is 2.35. The molecule has 0 spiro atoms. The van der Waals surface area contributed by atoms with Crippen molar-refractivity contribution in [3.05, 3.63) is 26.7 Å². The predicted octanol–water partition coefficient (Wildman–Crippen LogP) is 4.77. The smallest absolute Gasteiger partial charge is 0.139 e. The van der Waals surface area contributed by atoms with Crippen LogP contribution < -0.4 is 10.1 Å². The third kappa shape index (κ3) is 4.61. The van der Waals surface area contributed by atoms with E-state index in [2.05, 4.69) is 42.0 Å². The quantitative estimate of drug-likeness (QED) is 0.743. The molecule has 1 aromatic rings. The van der Waals surface area contributed by atoms with Crippen molar-refractivity contribution < 1.29 is 4.74 Å².